The van der Waals surface area contributed by atoms with Gasteiger partial charge in [-0.2, -0.15) is 4.31 Å². The Bertz CT molecular complexity index is 343. The van der Waals surface area contributed by atoms with Gasteiger partial charge in [-0.1, -0.05) is 26.7 Å². The monoisotopic (exact) mass is 290 g/mol. The van der Waals surface area contributed by atoms with Crippen LogP contribution >= 0.6 is 0 Å². The molecule has 0 aromatic rings. The van der Waals surface area contributed by atoms with Crippen LogP contribution in [0.2, 0.25) is 0 Å². The first-order valence-corrected chi connectivity index (χ1v) is 9.25. The summed E-state index contributed by atoms with van der Waals surface area (Å²) in [6.45, 7) is 8.17. The number of hydrogen-bond donors (Lipinski definition) is 1. The van der Waals surface area contributed by atoms with Crippen LogP contribution in [0.5, 0.6) is 0 Å². The molecule has 2 unspecified atom stereocenters. The van der Waals surface area contributed by atoms with Gasteiger partial charge in [-0.25, -0.2) is 8.42 Å². The van der Waals surface area contributed by atoms with Crippen molar-refractivity contribution in [3.05, 3.63) is 0 Å². The molecule has 0 aromatic carbocycles. The third-order valence-electron chi connectivity index (χ3n) is 3.99. The standard InChI is InChI=1S/C14H30N2O2S/c1-4-10-15-12-13(3)19(17,18)16-11-8-6-7-9-14(16)5-2/h13-15H,4-12H2,1-3H3. The quantitative estimate of drug-likeness (QED) is 0.732. The Kier molecular flexibility index (Phi) is 7.32. The molecule has 5 heteroatoms. The lowest BCUT2D eigenvalue weighted by molar-refractivity contribution is 0.311. The summed E-state index contributed by atoms with van der Waals surface area (Å²) in [7, 11) is -3.16. The molecule has 0 aromatic heterocycles. The topological polar surface area (TPSA) is 49.4 Å². The minimum Gasteiger partial charge on any atom is -0.315 e. The summed E-state index contributed by atoms with van der Waals surface area (Å²) in [5.41, 5.74) is 0. The van der Waals surface area contributed by atoms with Gasteiger partial charge in [-0.3, -0.25) is 0 Å². The van der Waals surface area contributed by atoms with Gasteiger partial charge in [0.25, 0.3) is 0 Å². The van der Waals surface area contributed by atoms with Crippen molar-refractivity contribution in [3.63, 3.8) is 0 Å². The van der Waals surface area contributed by atoms with E-state index in [0.717, 1.165) is 45.1 Å². The second-order valence-electron chi connectivity index (χ2n) is 5.58. The zero-order valence-corrected chi connectivity index (χ0v) is 13.5. The molecule has 1 aliphatic rings. The number of rotatable bonds is 7. The Morgan fingerprint density at radius 3 is 2.63 bits per heavy atom. The van der Waals surface area contributed by atoms with Gasteiger partial charge in [0.05, 0.1) is 5.25 Å². The average molecular weight is 290 g/mol. The number of hydrogen-bond acceptors (Lipinski definition) is 3. The van der Waals surface area contributed by atoms with Crippen LogP contribution in [0.4, 0.5) is 0 Å². The lowest BCUT2D eigenvalue weighted by atomic mass is 10.1. The van der Waals surface area contributed by atoms with Gasteiger partial charge >= 0.3 is 0 Å². The Balaban J connectivity index is 2.71. The molecule has 1 N–H and O–H groups in total. The maximum atomic E-state index is 12.7. The van der Waals surface area contributed by atoms with Crippen molar-refractivity contribution in [3.8, 4) is 0 Å². The van der Waals surface area contributed by atoms with Crippen LogP contribution in [-0.2, 0) is 10.0 Å². The Hall–Kier alpha value is -0.130. The van der Waals surface area contributed by atoms with Crippen LogP contribution in [0.25, 0.3) is 0 Å². The van der Waals surface area contributed by atoms with Gasteiger partial charge in [-0.05, 0) is 39.2 Å². The van der Waals surface area contributed by atoms with Gasteiger partial charge in [0.1, 0.15) is 0 Å². The molecule has 114 valence electrons. The molecule has 0 radical (unpaired) electrons. The third kappa shape index (κ3) is 4.72. The highest BCUT2D eigenvalue weighted by molar-refractivity contribution is 7.89. The average Bonchev–Trinajstić information content (AvgIpc) is 2.64. The molecule has 19 heavy (non-hydrogen) atoms. The zero-order chi connectivity index (χ0) is 14.3. The first kappa shape index (κ1) is 16.9. The van der Waals surface area contributed by atoms with Crippen molar-refractivity contribution in [2.75, 3.05) is 19.6 Å². The summed E-state index contributed by atoms with van der Waals surface area (Å²) in [6.07, 6.45) is 6.30. The van der Waals surface area contributed by atoms with Crippen LogP contribution in [0, 0.1) is 0 Å². The summed E-state index contributed by atoms with van der Waals surface area (Å²) >= 11 is 0. The first-order chi connectivity index (χ1) is 9.04. The lowest BCUT2D eigenvalue weighted by Gasteiger charge is -2.31. The van der Waals surface area contributed by atoms with Crippen molar-refractivity contribution in [2.24, 2.45) is 0 Å². The molecule has 2 atom stereocenters. The van der Waals surface area contributed by atoms with Gasteiger partial charge in [-0.15, -0.1) is 0 Å². The van der Waals surface area contributed by atoms with Crippen LogP contribution < -0.4 is 5.32 Å². The molecule has 0 amide bonds. The van der Waals surface area contributed by atoms with E-state index in [1.165, 1.54) is 0 Å². The third-order valence-corrected chi connectivity index (χ3v) is 6.31. The molecule has 4 nitrogen and oxygen atoms in total. The predicted octanol–water partition coefficient (Wildman–Crippen LogP) is 2.36. The van der Waals surface area contributed by atoms with E-state index in [1.807, 2.05) is 6.92 Å². The maximum absolute atomic E-state index is 12.7. The lowest BCUT2D eigenvalue weighted by Crippen LogP contribution is -2.46. The van der Waals surface area contributed by atoms with Crippen LogP contribution in [0.3, 0.4) is 0 Å². The second-order valence-corrected chi connectivity index (χ2v) is 7.89. The molecule has 1 heterocycles. The molecular weight excluding hydrogens is 260 g/mol. The van der Waals surface area contributed by atoms with Crippen LogP contribution in [0.15, 0.2) is 0 Å². The van der Waals surface area contributed by atoms with E-state index < -0.39 is 10.0 Å². The van der Waals surface area contributed by atoms with Crippen molar-refractivity contribution in [1.29, 1.82) is 0 Å². The molecule has 0 saturated carbocycles. The maximum Gasteiger partial charge on any atom is 0.218 e. The Labute approximate surface area is 119 Å². The SMILES string of the molecule is CCCNCC(C)S(=O)(=O)N1CCCCCC1CC. The Morgan fingerprint density at radius 2 is 2.00 bits per heavy atom. The van der Waals surface area contributed by atoms with Gasteiger partial charge in [0.15, 0.2) is 0 Å². The fourth-order valence-electron chi connectivity index (χ4n) is 2.71. The van der Waals surface area contributed by atoms with E-state index >= 15 is 0 Å². The molecule has 1 fully saturated rings. The van der Waals surface area contributed by atoms with E-state index in [2.05, 4.69) is 19.2 Å². The van der Waals surface area contributed by atoms with E-state index in [1.54, 1.807) is 4.31 Å². The predicted molar refractivity (Wildman–Crippen MR) is 80.8 cm³/mol. The highest BCUT2D eigenvalue weighted by Crippen LogP contribution is 2.24. The molecule has 1 rings (SSSR count). The minimum absolute atomic E-state index is 0.209. The minimum atomic E-state index is -3.16. The van der Waals surface area contributed by atoms with E-state index in [9.17, 15) is 8.42 Å². The molecule has 1 aliphatic heterocycles. The second kappa shape index (κ2) is 8.22. The van der Waals surface area contributed by atoms with Crippen molar-refractivity contribution in [1.82, 2.24) is 9.62 Å². The summed E-state index contributed by atoms with van der Waals surface area (Å²) < 4.78 is 27.2. The molecule has 0 aliphatic carbocycles. The van der Waals surface area contributed by atoms with Gasteiger partial charge < -0.3 is 5.32 Å². The van der Waals surface area contributed by atoms with Crippen molar-refractivity contribution >= 4 is 10.0 Å². The summed E-state index contributed by atoms with van der Waals surface area (Å²) in [6, 6.07) is 0.209. The summed E-state index contributed by atoms with van der Waals surface area (Å²) in [5, 5.41) is 2.90. The highest BCUT2D eigenvalue weighted by atomic mass is 32.2. The highest BCUT2D eigenvalue weighted by Gasteiger charge is 2.33. The van der Waals surface area contributed by atoms with Gasteiger partial charge in [0.2, 0.25) is 10.0 Å². The molecular formula is C14H30N2O2S. The van der Waals surface area contributed by atoms with E-state index in [0.29, 0.717) is 13.1 Å². The fraction of sp³-hybridized carbons (Fsp3) is 1.00. The number of nitrogens with one attached hydrogen (secondary N) is 1. The largest absolute Gasteiger partial charge is 0.315 e. The van der Waals surface area contributed by atoms with Crippen LogP contribution in [-0.4, -0.2) is 43.6 Å². The summed E-state index contributed by atoms with van der Waals surface area (Å²) in [5.74, 6) is 0. The fourth-order valence-corrected chi connectivity index (χ4v) is 4.56. The molecule has 0 bridgehead atoms. The normalized spacial score (nSPS) is 24.1. The molecule has 0 spiro atoms. The van der Waals surface area contributed by atoms with Crippen molar-refractivity contribution in [2.45, 2.75) is 70.6 Å². The first-order valence-electron chi connectivity index (χ1n) is 7.75. The number of nitrogens with zero attached hydrogens (tertiary/aromatic N) is 1. The Morgan fingerprint density at radius 1 is 1.26 bits per heavy atom. The summed E-state index contributed by atoms with van der Waals surface area (Å²) in [4.78, 5) is 0. The van der Waals surface area contributed by atoms with Gasteiger partial charge in [0, 0.05) is 19.1 Å². The zero-order valence-electron chi connectivity index (χ0n) is 12.7. The smallest absolute Gasteiger partial charge is 0.218 e. The van der Waals surface area contributed by atoms with Crippen LogP contribution in [0.1, 0.15) is 59.3 Å². The number of sulfonamides is 1. The van der Waals surface area contributed by atoms with E-state index in [4.69, 9.17) is 0 Å². The van der Waals surface area contributed by atoms with E-state index in [-0.39, 0.29) is 11.3 Å². The molecule has 1 saturated heterocycles. The van der Waals surface area contributed by atoms with Crippen molar-refractivity contribution < 1.29 is 8.42 Å².